The van der Waals surface area contributed by atoms with E-state index in [1.54, 1.807) is 48.5 Å². The van der Waals surface area contributed by atoms with E-state index in [9.17, 15) is 18.0 Å². The van der Waals surface area contributed by atoms with E-state index in [0.29, 0.717) is 12.1 Å². The van der Waals surface area contributed by atoms with Crippen molar-refractivity contribution in [3.63, 3.8) is 0 Å². The van der Waals surface area contributed by atoms with Crippen molar-refractivity contribution >= 4 is 27.5 Å². The number of sulfonamides is 1. The first-order chi connectivity index (χ1) is 16.8. The molecule has 3 rings (SSSR count). The van der Waals surface area contributed by atoms with Gasteiger partial charge in [-0.05, 0) is 43.2 Å². The minimum absolute atomic E-state index is 0.0834. The maximum Gasteiger partial charge on any atom is 0.264 e. The molecule has 0 saturated carbocycles. The second-order valence-electron chi connectivity index (χ2n) is 8.21. The maximum atomic E-state index is 13.7. The van der Waals surface area contributed by atoms with Gasteiger partial charge in [0.1, 0.15) is 12.6 Å². The van der Waals surface area contributed by atoms with Gasteiger partial charge >= 0.3 is 0 Å². The second-order valence-corrected chi connectivity index (χ2v) is 10.1. The molecule has 0 aliphatic heterocycles. The topological polar surface area (TPSA) is 86.8 Å². The van der Waals surface area contributed by atoms with Gasteiger partial charge in [-0.15, -0.1) is 0 Å². The molecule has 0 fully saturated rings. The molecule has 0 unspecified atom stereocenters. The van der Waals surface area contributed by atoms with Crippen LogP contribution in [-0.4, -0.2) is 44.8 Å². The summed E-state index contributed by atoms with van der Waals surface area (Å²) in [5.74, 6) is -0.769. The minimum Gasteiger partial charge on any atom is -0.357 e. The van der Waals surface area contributed by atoms with E-state index in [1.807, 2.05) is 38.1 Å². The lowest BCUT2D eigenvalue weighted by atomic mass is 10.1. The van der Waals surface area contributed by atoms with Crippen LogP contribution in [0.25, 0.3) is 0 Å². The molecule has 3 aromatic rings. The van der Waals surface area contributed by atoms with Gasteiger partial charge in [-0.2, -0.15) is 0 Å². The van der Waals surface area contributed by atoms with Crippen molar-refractivity contribution in [1.29, 1.82) is 0 Å². The van der Waals surface area contributed by atoms with E-state index in [-0.39, 0.29) is 17.3 Å². The second kappa shape index (κ2) is 11.7. The standard InChI is InChI=1S/C27H31N3O4S/c1-4-25(27(32)28-3)29(19-22-17-15-21(2)16-18-22)26(31)20-30(23-11-7-5-8-12-23)35(33,34)24-13-9-6-10-14-24/h5-18,25H,4,19-20H2,1-3H3,(H,28,32)/t25-/m1/s1. The number of carbonyl (C=O) groups excluding carboxylic acids is 2. The molecule has 8 heteroatoms. The Morgan fingerprint density at radius 1 is 0.886 bits per heavy atom. The molecule has 3 aromatic carbocycles. The molecule has 1 atom stereocenters. The van der Waals surface area contributed by atoms with Gasteiger partial charge in [-0.25, -0.2) is 8.42 Å². The van der Waals surface area contributed by atoms with Crippen LogP contribution in [0.5, 0.6) is 0 Å². The number of amides is 2. The van der Waals surface area contributed by atoms with Crippen LogP contribution in [0.4, 0.5) is 5.69 Å². The molecule has 7 nitrogen and oxygen atoms in total. The summed E-state index contributed by atoms with van der Waals surface area (Å²) in [5, 5.41) is 2.62. The minimum atomic E-state index is -4.03. The summed E-state index contributed by atoms with van der Waals surface area (Å²) in [4.78, 5) is 27.9. The molecular weight excluding hydrogens is 462 g/mol. The van der Waals surface area contributed by atoms with Crippen LogP contribution in [-0.2, 0) is 26.2 Å². The van der Waals surface area contributed by atoms with Crippen molar-refractivity contribution in [3.8, 4) is 0 Å². The Morgan fingerprint density at radius 3 is 2.00 bits per heavy atom. The number of carbonyl (C=O) groups is 2. The third-order valence-corrected chi connectivity index (χ3v) is 7.55. The van der Waals surface area contributed by atoms with Crippen molar-refractivity contribution in [2.45, 2.75) is 37.8 Å². The number of hydrogen-bond acceptors (Lipinski definition) is 4. The summed E-state index contributed by atoms with van der Waals surface area (Å²) in [7, 11) is -2.51. The molecule has 0 spiro atoms. The molecule has 2 amide bonds. The fourth-order valence-corrected chi connectivity index (χ4v) is 5.25. The highest BCUT2D eigenvalue weighted by molar-refractivity contribution is 7.92. The van der Waals surface area contributed by atoms with Gasteiger partial charge in [-0.1, -0.05) is 73.2 Å². The van der Waals surface area contributed by atoms with Crippen LogP contribution in [0.15, 0.2) is 89.8 Å². The van der Waals surface area contributed by atoms with Gasteiger partial charge in [0.05, 0.1) is 10.6 Å². The number of rotatable bonds is 10. The van der Waals surface area contributed by atoms with E-state index >= 15 is 0 Å². The Kier molecular flexibility index (Phi) is 8.65. The van der Waals surface area contributed by atoms with Gasteiger partial charge in [0.2, 0.25) is 11.8 Å². The molecular formula is C27H31N3O4S. The average Bonchev–Trinajstić information content (AvgIpc) is 2.88. The third kappa shape index (κ3) is 6.27. The van der Waals surface area contributed by atoms with Gasteiger partial charge in [0, 0.05) is 13.6 Å². The zero-order valence-corrected chi connectivity index (χ0v) is 21.0. The Hall–Kier alpha value is -3.65. The van der Waals surface area contributed by atoms with E-state index < -0.39 is 28.5 Å². The van der Waals surface area contributed by atoms with Crippen molar-refractivity contribution in [1.82, 2.24) is 10.2 Å². The Morgan fingerprint density at radius 2 is 1.46 bits per heavy atom. The van der Waals surface area contributed by atoms with Crippen LogP contribution in [0.1, 0.15) is 24.5 Å². The number of nitrogens with one attached hydrogen (secondary N) is 1. The van der Waals surface area contributed by atoms with Gasteiger partial charge < -0.3 is 10.2 Å². The quantitative estimate of drug-likeness (QED) is 0.466. The van der Waals surface area contributed by atoms with Crippen molar-refractivity contribution in [3.05, 3.63) is 96.1 Å². The fraction of sp³-hybridized carbons (Fsp3) is 0.259. The normalized spacial score (nSPS) is 12.0. The van der Waals surface area contributed by atoms with Crippen molar-refractivity contribution in [2.24, 2.45) is 0 Å². The predicted octanol–water partition coefficient (Wildman–Crippen LogP) is 3.74. The van der Waals surface area contributed by atoms with Gasteiger partial charge in [0.15, 0.2) is 0 Å². The highest BCUT2D eigenvalue weighted by atomic mass is 32.2. The molecule has 0 bridgehead atoms. The molecule has 184 valence electrons. The Labute approximate surface area is 207 Å². The summed E-state index contributed by atoms with van der Waals surface area (Å²) < 4.78 is 28.3. The predicted molar refractivity (Wildman–Crippen MR) is 137 cm³/mol. The molecule has 0 aliphatic rings. The monoisotopic (exact) mass is 493 g/mol. The van der Waals surface area contributed by atoms with Crippen LogP contribution >= 0.6 is 0 Å². The number of benzene rings is 3. The summed E-state index contributed by atoms with van der Waals surface area (Å²) in [5.41, 5.74) is 2.30. The summed E-state index contributed by atoms with van der Waals surface area (Å²) in [6.07, 6.45) is 0.383. The molecule has 0 radical (unpaired) electrons. The third-order valence-electron chi connectivity index (χ3n) is 5.76. The lowest BCUT2D eigenvalue weighted by Crippen LogP contribution is -2.51. The van der Waals surface area contributed by atoms with E-state index in [0.717, 1.165) is 15.4 Å². The van der Waals surface area contributed by atoms with E-state index in [1.165, 1.54) is 24.1 Å². The zero-order chi connectivity index (χ0) is 25.4. The zero-order valence-electron chi connectivity index (χ0n) is 20.2. The summed E-state index contributed by atoms with van der Waals surface area (Å²) in [6, 6.07) is 23.5. The van der Waals surface area contributed by atoms with Crippen LogP contribution in [0, 0.1) is 6.92 Å². The summed E-state index contributed by atoms with van der Waals surface area (Å²) >= 11 is 0. The van der Waals surface area contributed by atoms with Crippen molar-refractivity contribution < 1.29 is 18.0 Å². The highest BCUT2D eigenvalue weighted by Gasteiger charge is 2.33. The maximum absolute atomic E-state index is 13.7. The first kappa shape index (κ1) is 26.0. The average molecular weight is 494 g/mol. The number of anilines is 1. The number of aryl methyl sites for hydroxylation is 1. The van der Waals surface area contributed by atoms with Crippen LogP contribution < -0.4 is 9.62 Å². The number of likely N-dealkylation sites (N-methyl/N-ethyl adjacent to an activating group) is 1. The number of para-hydroxylation sites is 1. The Bertz CT molecular complexity index is 1230. The Balaban J connectivity index is 2.01. The van der Waals surface area contributed by atoms with Gasteiger partial charge in [-0.3, -0.25) is 13.9 Å². The number of hydrogen-bond donors (Lipinski definition) is 1. The largest absolute Gasteiger partial charge is 0.357 e. The fourth-order valence-electron chi connectivity index (χ4n) is 3.82. The van der Waals surface area contributed by atoms with Crippen molar-refractivity contribution in [2.75, 3.05) is 17.9 Å². The molecule has 0 aromatic heterocycles. The molecule has 35 heavy (non-hydrogen) atoms. The number of nitrogens with zero attached hydrogens (tertiary/aromatic N) is 2. The first-order valence-corrected chi connectivity index (χ1v) is 12.9. The highest BCUT2D eigenvalue weighted by Crippen LogP contribution is 2.24. The smallest absolute Gasteiger partial charge is 0.264 e. The first-order valence-electron chi connectivity index (χ1n) is 11.5. The lowest BCUT2D eigenvalue weighted by molar-refractivity contribution is -0.140. The van der Waals surface area contributed by atoms with Gasteiger partial charge in [0.25, 0.3) is 10.0 Å². The molecule has 0 saturated heterocycles. The van der Waals surface area contributed by atoms with E-state index in [2.05, 4.69) is 5.32 Å². The van der Waals surface area contributed by atoms with Crippen LogP contribution in [0.3, 0.4) is 0 Å². The molecule has 0 heterocycles. The summed E-state index contributed by atoms with van der Waals surface area (Å²) in [6.45, 7) is 3.53. The van der Waals surface area contributed by atoms with Crippen LogP contribution in [0.2, 0.25) is 0 Å². The molecule has 1 N–H and O–H groups in total. The SMILES string of the molecule is CC[C@H](C(=O)NC)N(Cc1ccc(C)cc1)C(=O)CN(c1ccccc1)S(=O)(=O)c1ccccc1. The lowest BCUT2D eigenvalue weighted by Gasteiger charge is -2.33. The molecule has 0 aliphatic carbocycles. The van der Waals surface area contributed by atoms with E-state index in [4.69, 9.17) is 0 Å².